The number of aryl methyl sites for hydroxylation is 1. The molecular formula is C15H16N2O4. The molecule has 0 atom stereocenters. The first kappa shape index (κ1) is 14.8. The van der Waals surface area contributed by atoms with Gasteiger partial charge in [-0.1, -0.05) is 12.1 Å². The quantitative estimate of drug-likeness (QED) is 0.754. The number of amides is 1. The maximum atomic E-state index is 11.9. The minimum Gasteiger partial charge on any atom is -0.481 e. The highest BCUT2D eigenvalue weighted by atomic mass is 16.4. The van der Waals surface area contributed by atoms with Gasteiger partial charge in [0.05, 0.1) is 6.54 Å². The summed E-state index contributed by atoms with van der Waals surface area (Å²) in [4.78, 5) is 22.4. The number of nitrogens with two attached hydrogens (primary N) is 1. The lowest BCUT2D eigenvalue weighted by Gasteiger charge is -2.04. The molecule has 0 fully saturated rings. The third-order valence-corrected chi connectivity index (χ3v) is 2.93. The van der Waals surface area contributed by atoms with Crippen LogP contribution < -0.4 is 11.1 Å². The molecule has 2 rings (SSSR count). The number of benzene rings is 1. The first-order valence-corrected chi connectivity index (χ1v) is 6.49. The van der Waals surface area contributed by atoms with Crippen LogP contribution in [0.1, 0.15) is 28.3 Å². The van der Waals surface area contributed by atoms with Crippen LogP contribution in [0.15, 0.2) is 40.8 Å². The van der Waals surface area contributed by atoms with E-state index in [0.29, 0.717) is 17.9 Å². The van der Waals surface area contributed by atoms with Crippen LogP contribution >= 0.6 is 0 Å². The van der Waals surface area contributed by atoms with Crippen molar-refractivity contribution in [1.29, 1.82) is 0 Å². The number of rotatable bonds is 6. The van der Waals surface area contributed by atoms with Crippen molar-refractivity contribution in [2.45, 2.75) is 19.4 Å². The van der Waals surface area contributed by atoms with Gasteiger partial charge in [-0.3, -0.25) is 9.59 Å². The van der Waals surface area contributed by atoms with Crippen molar-refractivity contribution in [2.75, 3.05) is 5.32 Å². The second kappa shape index (κ2) is 6.71. The summed E-state index contributed by atoms with van der Waals surface area (Å²) >= 11 is 0. The second-order valence-electron chi connectivity index (χ2n) is 4.51. The van der Waals surface area contributed by atoms with Crippen LogP contribution in [0.25, 0.3) is 0 Å². The molecule has 0 saturated heterocycles. The normalized spacial score (nSPS) is 10.3. The van der Waals surface area contributed by atoms with E-state index in [1.54, 1.807) is 36.4 Å². The summed E-state index contributed by atoms with van der Waals surface area (Å²) in [6.07, 6.45) is 0.543. The number of carboxylic acid groups (broad SMARTS) is 1. The van der Waals surface area contributed by atoms with Gasteiger partial charge in [0.1, 0.15) is 5.76 Å². The highest BCUT2D eigenvalue weighted by Gasteiger charge is 2.11. The van der Waals surface area contributed by atoms with Crippen LogP contribution in [-0.2, 0) is 17.8 Å². The minimum absolute atomic E-state index is 0.0833. The van der Waals surface area contributed by atoms with Gasteiger partial charge in [-0.25, -0.2) is 0 Å². The van der Waals surface area contributed by atoms with Gasteiger partial charge in [0.2, 0.25) is 0 Å². The van der Waals surface area contributed by atoms with E-state index in [4.69, 9.17) is 15.3 Å². The summed E-state index contributed by atoms with van der Waals surface area (Å²) in [5.41, 5.74) is 6.93. The number of aliphatic carboxylic acids is 1. The van der Waals surface area contributed by atoms with E-state index in [-0.39, 0.29) is 24.6 Å². The summed E-state index contributed by atoms with van der Waals surface area (Å²) in [5.74, 6) is -0.441. The standard InChI is InChI=1S/C15H16N2O4/c16-9-12-6-7-13(21-12)15(20)17-11-4-1-10(2-5-11)3-8-14(18)19/h1-2,4-7H,3,8-9,16H2,(H,17,20)(H,18,19). The van der Waals surface area contributed by atoms with Crippen molar-refractivity contribution in [3.05, 3.63) is 53.5 Å². The van der Waals surface area contributed by atoms with Crippen molar-refractivity contribution in [3.8, 4) is 0 Å². The molecule has 0 bridgehead atoms. The molecule has 0 aliphatic heterocycles. The fourth-order valence-corrected chi connectivity index (χ4v) is 1.81. The Morgan fingerprint density at radius 3 is 2.43 bits per heavy atom. The maximum absolute atomic E-state index is 11.9. The number of hydrogen-bond acceptors (Lipinski definition) is 4. The van der Waals surface area contributed by atoms with E-state index < -0.39 is 5.97 Å². The van der Waals surface area contributed by atoms with Gasteiger partial charge in [0.15, 0.2) is 5.76 Å². The SMILES string of the molecule is NCc1ccc(C(=O)Nc2ccc(CCC(=O)O)cc2)o1. The zero-order chi connectivity index (χ0) is 15.2. The molecule has 21 heavy (non-hydrogen) atoms. The molecule has 1 aromatic carbocycles. The summed E-state index contributed by atoms with van der Waals surface area (Å²) in [6.45, 7) is 0.242. The minimum atomic E-state index is -0.832. The Bertz CT molecular complexity index is 631. The average molecular weight is 288 g/mol. The molecule has 0 radical (unpaired) electrons. The second-order valence-corrected chi connectivity index (χ2v) is 4.51. The van der Waals surface area contributed by atoms with Gasteiger partial charge in [-0.05, 0) is 36.2 Å². The zero-order valence-corrected chi connectivity index (χ0v) is 11.3. The van der Waals surface area contributed by atoms with Crippen LogP contribution in [0.4, 0.5) is 5.69 Å². The molecule has 6 nitrogen and oxygen atoms in total. The predicted molar refractivity (Wildman–Crippen MR) is 77.0 cm³/mol. The van der Waals surface area contributed by atoms with Gasteiger partial charge >= 0.3 is 5.97 Å². The Labute approximate surface area is 121 Å². The summed E-state index contributed by atoms with van der Waals surface area (Å²) in [7, 11) is 0. The van der Waals surface area contributed by atoms with Crippen molar-refractivity contribution < 1.29 is 19.1 Å². The average Bonchev–Trinajstić information content (AvgIpc) is 2.95. The number of hydrogen-bond donors (Lipinski definition) is 3. The lowest BCUT2D eigenvalue weighted by atomic mass is 10.1. The molecule has 0 spiro atoms. The van der Waals surface area contributed by atoms with E-state index >= 15 is 0 Å². The van der Waals surface area contributed by atoms with E-state index in [9.17, 15) is 9.59 Å². The number of anilines is 1. The monoisotopic (exact) mass is 288 g/mol. The van der Waals surface area contributed by atoms with E-state index in [1.165, 1.54) is 0 Å². The van der Waals surface area contributed by atoms with Crippen molar-refractivity contribution in [2.24, 2.45) is 5.73 Å². The topological polar surface area (TPSA) is 106 Å². The number of furan rings is 1. The molecule has 4 N–H and O–H groups in total. The van der Waals surface area contributed by atoms with Gasteiger partial charge in [0.25, 0.3) is 5.91 Å². The van der Waals surface area contributed by atoms with Crippen molar-refractivity contribution in [1.82, 2.24) is 0 Å². The molecular weight excluding hydrogens is 272 g/mol. The molecule has 1 aromatic heterocycles. The Morgan fingerprint density at radius 2 is 1.86 bits per heavy atom. The summed E-state index contributed by atoms with van der Waals surface area (Å²) < 4.78 is 5.25. The van der Waals surface area contributed by atoms with Crippen molar-refractivity contribution in [3.63, 3.8) is 0 Å². The first-order chi connectivity index (χ1) is 10.1. The Kier molecular flexibility index (Phi) is 4.73. The third kappa shape index (κ3) is 4.19. The van der Waals surface area contributed by atoms with Gasteiger partial charge in [-0.2, -0.15) is 0 Å². The van der Waals surface area contributed by atoms with Crippen LogP contribution in [0.5, 0.6) is 0 Å². The molecule has 6 heteroatoms. The largest absolute Gasteiger partial charge is 0.481 e. The Hall–Kier alpha value is -2.60. The number of carbonyl (C=O) groups is 2. The highest BCUT2D eigenvalue weighted by molar-refractivity contribution is 6.02. The molecule has 1 amide bonds. The maximum Gasteiger partial charge on any atom is 0.303 e. The lowest BCUT2D eigenvalue weighted by molar-refractivity contribution is -0.136. The summed E-state index contributed by atoms with van der Waals surface area (Å²) in [5, 5.41) is 11.3. The zero-order valence-electron chi connectivity index (χ0n) is 11.3. The third-order valence-electron chi connectivity index (χ3n) is 2.93. The number of carboxylic acids is 1. The summed E-state index contributed by atoms with van der Waals surface area (Å²) in [6, 6.07) is 10.2. The van der Waals surface area contributed by atoms with Crippen LogP contribution in [0.3, 0.4) is 0 Å². The van der Waals surface area contributed by atoms with Gasteiger partial charge in [0, 0.05) is 12.1 Å². The molecule has 1 heterocycles. The van der Waals surface area contributed by atoms with Crippen LogP contribution in [0, 0.1) is 0 Å². The van der Waals surface area contributed by atoms with Crippen molar-refractivity contribution >= 4 is 17.6 Å². The van der Waals surface area contributed by atoms with E-state index in [2.05, 4.69) is 5.32 Å². The molecule has 0 aliphatic rings. The van der Waals surface area contributed by atoms with Gasteiger partial charge in [-0.15, -0.1) is 0 Å². The Morgan fingerprint density at radius 1 is 1.14 bits per heavy atom. The molecule has 0 aliphatic carbocycles. The predicted octanol–water partition coefficient (Wildman–Crippen LogP) is 2.01. The fourth-order valence-electron chi connectivity index (χ4n) is 1.81. The molecule has 0 saturated carbocycles. The van der Waals surface area contributed by atoms with E-state index in [0.717, 1.165) is 5.56 Å². The molecule has 110 valence electrons. The number of nitrogens with one attached hydrogen (secondary N) is 1. The fraction of sp³-hybridized carbons (Fsp3) is 0.200. The Balaban J connectivity index is 1.96. The van der Waals surface area contributed by atoms with E-state index in [1.807, 2.05) is 0 Å². The molecule has 0 unspecified atom stereocenters. The van der Waals surface area contributed by atoms with Gasteiger partial charge < -0.3 is 20.6 Å². The van der Waals surface area contributed by atoms with Crippen LogP contribution in [-0.4, -0.2) is 17.0 Å². The smallest absolute Gasteiger partial charge is 0.303 e. The number of carbonyl (C=O) groups excluding carboxylic acids is 1. The first-order valence-electron chi connectivity index (χ1n) is 6.49. The molecule has 2 aromatic rings. The lowest BCUT2D eigenvalue weighted by Crippen LogP contribution is -2.11. The van der Waals surface area contributed by atoms with Crippen LogP contribution in [0.2, 0.25) is 0 Å². The highest BCUT2D eigenvalue weighted by Crippen LogP contribution is 2.14.